The fourth-order valence-electron chi connectivity index (χ4n) is 4.28. The molecule has 0 radical (unpaired) electrons. The minimum absolute atomic E-state index is 0.245. The molecule has 0 spiro atoms. The Morgan fingerprint density at radius 3 is 2.00 bits per heavy atom. The zero-order valence-corrected chi connectivity index (χ0v) is 15.6. The molecule has 0 aromatic carbocycles. The first-order chi connectivity index (χ1) is 11.1. The van der Waals surface area contributed by atoms with E-state index in [2.05, 4.69) is 23.6 Å². The van der Waals surface area contributed by atoms with Gasteiger partial charge in [0.15, 0.2) is 0 Å². The van der Waals surface area contributed by atoms with Gasteiger partial charge in [-0.2, -0.15) is 0 Å². The lowest BCUT2D eigenvalue weighted by molar-refractivity contribution is -0.130. The first-order valence-electron chi connectivity index (χ1n) is 9.85. The van der Waals surface area contributed by atoms with E-state index in [1.165, 1.54) is 71.2 Å². The van der Waals surface area contributed by atoms with E-state index in [0.717, 1.165) is 25.0 Å². The van der Waals surface area contributed by atoms with Crippen molar-refractivity contribution < 1.29 is 4.79 Å². The first-order valence-corrected chi connectivity index (χ1v) is 9.85. The van der Waals surface area contributed by atoms with Crippen LogP contribution in [0.3, 0.4) is 0 Å². The SMILES string of the molecule is CCCC(CCC)N1CCN(CC2CCN(C(C)=O)CC2)CC1. The highest BCUT2D eigenvalue weighted by Crippen LogP contribution is 2.21. The number of rotatable bonds is 7. The third kappa shape index (κ3) is 5.75. The molecule has 2 saturated heterocycles. The van der Waals surface area contributed by atoms with E-state index in [4.69, 9.17) is 0 Å². The highest BCUT2D eigenvalue weighted by atomic mass is 16.2. The van der Waals surface area contributed by atoms with E-state index in [0.29, 0.717) is 0 Å². The van der Waals surface area contributed by atoms with Gasteiger partial charge in [0.2, 0.25) is 5.91 Å². The molecule has 0 N–H and O–H groups in total. The molecule has 4 nitrogen and oxygen atoms in total. The maximum Gasteiger partial charge on any atom is 0.219 e. The Kier molecular flexibility index (Phi) is 7.84. The molecule has 0 aromatic rings. The summed E-state index contributed by atoms with van der Waals surface area (Å²) in [5, 5.41) is 0. The molecule has 0 unspecified atom stereocenters. The molecule has 2 heterocycles. The molecular weight excluding hydrogens is 286 g/mol. The van der Waals surface area contributed by atoms with Crippen LogP contribution in [0.1, 0.15) is 59.3 Å². The molecule has 0 aromatic heterocycles. The van der Waals surface area contributed by atoms with Crippen LogP contribution in [-0.4, -0.2) is 72.5 Å². The number of amides is 1. The number of piperidine rings is 1. The molecule has 134 valence electrons. The van der Waals surface area contributed by atoms with E-state index >= 15 is 0 Å². The second-order valence-electron chi connectivity index (χ2n) is 7.52. The summed E-state index contributed by atoms with van der Waals surface area (Å²) in [5.41, 5.74) is 0. The number of hydrogen-bond acceptors (Lipinski definition) is 3. The van der Waals surface area contributed by atoms with E-state index in [1.807, 2.05) is 4.90 Å². The molecular formula is C19H37N3O. The number of carbonyl (C=O) groups excluding carboxylic acids is 1. The van der Waals surface area contributed by atoms with Gasteiger partial charge in [0, 0.05) is 58.8 Å². The van der Waals surface area contributed by atoms with Crippen molar-refractivity contribution >= 4 is 5.91 Å². The summed E-state index contributed by atoms with van der Waals surface area (Å²) in [6.45, 7) is 14.5. The monoisotopic (exact) mass is 323 g/mol. The van der Waals surface area contributed by atoms with Crippen LogP contribution >= 0.6 is 0 Å². The third-order valence-corrected chi connectivity index (χ3v) is 5.74. The van der Waals surface area contributed by atoms with Gasteiger partial charge in [-0.3, -0.25) is 9.69 Å². The average molecular weight is 324 g/mol. The largest absolute Gasteiger partial charge is 0.343 e. The minimum Gasteiger partial charge on any atom is -0.343 e. The van der Waals surface area contributed by atoms with E-state index in [9.17, 15) is 4.79 Å². The lowest BCUT2D eigenvalue weighted by Crippen LogP contribution is -2.51. The molecule has 0 saturated carbocycles. The Labute approximate surface area is 143 Å². The van der Waals surface area contributed by atoms with Gasteiger partial charge in [-0.25, -0.2) is 0 Å². The molecule has 1 amide bonds. The van der Waals surface area contributed by atoms with E-state index in [-0.39, 0.29) is 5.91 Å². The van der Waals surface area contributed by atoms with Crippen LogP contribution in [-0.2, 0) is 4.79 Å². The summed E-state index contributed by atoms with van der Waals surface area (Å²) in [6, 6.07) is 0.811. The minimum atomic E-state index is 0.245. The van der Waals surface area contributed by atoms with Gasteiger partial charge in [-0.05, 0) is 31.6 Å². The van der Waals surface area contributed by atoms with Crippen LogP contribution in [0.15, 0.2) is 0 Å². The zero-order chi connectivity index (χ0) is 16.7. The number of hydrogen-bond donors (Lipinski definition) is 0. The van der Waals surface area contributed by atoms with Crippen molar-refractivity contribution in [1.29, 1.82) is 0 Å². The van der Waals surface area contributed by atoms with Crippen LogP contribution in [0.2, 0.25) is 0 Å². The lowest BCUT2D eigenvalue weighted by atomic mass is 9.95. The quantitative estimate of drug-likeness (QED) is 0.721. The van der Waals surface area contributed by atoms with Crippen LogP contribution < -0.4 is 0 Å². The molecule has 0 bridgehead atoms. The second-order valence-corrected chi connectivity index (χ2v) is 7.52. The van der Waals surface area contributed by atoms with Crippen LogP contribution in [0.25, 0.3) is 0 Å². The Morgan fingerprint density at radius 1 is 0.957 bits per heavy atom. The third-order valence-electron chi connectivity index (χ3n) is 5.74. The van der Waals surface area contributed by atoms with E-state index in [1.54, 1.807) is 6.92 Å². The predicted molar refractivity (Wildman–Crippen MR) is 96.6 cm³/mol. The number of nitrogens with zero attached hydrogens (tertiary/aromatic N) is 3. The normalized spacial score (nSPS) is 22.0. The Hall–Kier alpha value is -0.610. The molecule has 0 atom stereocenters. The standard InChI is InChI=1S/C19H37N3O/c1-4-6-19(7-5-2)22-14-12-20(13-15-22)16-18-8-10-21(11-9-18)17(3)23/h18-19H,4-16H2,1-3H3. The molecule has 0 aliphatic carbocycles. The van der Waals surface area contributed by atoms with E-state index < -0.39 is 0 Å². The topological polar surface area (TPSA) is 26.8 Å². The summed E-state index contributed by atoms with van der Waals surface area (Å²) in [4.78, 5) is 18.8. The molecule has 2 aliphatic heterocycles. The van der Waals surface area contributed by atoms with Crippen LogP contribution in [0.4, 0.5) is 0 Å². The molecule has 23 heavy (non-hydrogen) atoms. The van der Waals surface area contributed by atoms with Crippen molar-refractivity contribution in [3.8, 4) is 0 Å². The maximum absolute atomic E-state index is 11.4. The fourth-order valence-corrected chi connectivity index (χ4v) is 4.28. The van der Waals surface area contributed by atoms with Crippen molar-refractivity contribution in [2.24, 2.45) is 5.92 Å². The van der Waals surface area contributed by atoms with Gasteiger partial charge in [-0.15, -0.1) is 0 Å². The summed E-state index contributed by atoms with van der Waals surface area (Å²) in [6.07, 6.45) is 7.70. The summed E-state index contributed by atoms with van der Waals surface area (Å²) >= 11 is 0. The van der Waals surface area contributed by atoms with Crippen molar-refractivity contribution in [2.75, 3.05) is 45.8 Å². The second kappa shape index (κ2) is 9.63. The van der Waals surface area contributed by atoms with Crippen LogP contribution in [0, 0.1) is 5.92 Å². The van der Waals surface area contributed by atoms with Crippen molar-refractivity contribution in [2.45, 2.75) is 65.3 Å². The number of likely N-dealkylation sites (tertiary alicyclic amines) is 1. The van der Waals surface area contributed by atoms with Gasteiger partial charge < -0.3 is 9.80 Å². The Bertz CT molecular complexity index is 339. The molecule has 2 fully saturated rings. The summed E-state index contributed by atoms with van der Waals surface area (Å²) in [7, 11) is 0. The highest BCUT2D eigenvalue weighted by molar-refractivity contribution is 5.73. The van der Waals surface area contributed by atoms with Crippen LogP contribution in [0.5, 0.6) is 0 Å². The number of piperazine rings is 1. The van der Waals surface area contributed by atoms with Gasteiger partial charge in [0.1, 0.15) is 0 Å². The van der Waals surface area contributed by atoms with Gasteiger partial charge >= 0.3 is 0 Å². The van der Waals surface area contributed by atoms with Crippen molar-refractivity contribution in [3.05, 3.63) is 0 Å². The Balaban J connectivity index is 1.69. The van der Waals surface area contributed by atoms with Gasteiger partial charge in [0.25, 0.3) is 0 Å². The maximum atomic E-state index is 11.4. The average Bonchev–Trinajstić information content (AvgIpc) is 2.56. The lowest BCUT2D eigenvalue weighted by Gasteiger charge is -2.41. The number of carbonyl (C=O) groups is 1. The smallest absolute Gasteiger partial charge is 0.219 e. The summed E-state index contributed by atoms with van der Waals surface area (Å²) < 4.78 is 0. The van der Waals surface area contributed by atoms with Crippen molar-refractivity contribution in [1.82, 2.24) is 14.7 Å². The first kappa shape index (κ1) is 18.7. The van der Waals surface area contributed by atoms with Crippen molar-refractivity contribution in [3.63, 3.8) is 0 Å². The predicted octanol–water partition coefficient (Wildman–Crippen LogP) is 2.83. The molecule has 2 aliphatic rings. The summed E-state index contributed by atoms with van der Waals surface area (Å²) in [5.74, 6) is 1.04. The Morgan fingerprint density at radius 2 is 1.52 bits per heavy atom. The van der Waals surface area contributed by atoms with Gasteiger partial charge in [-0.1, -0.05) is 26.7 Å². The van der Waals surface area contributed by atoms with Gasteiger partial charge in [0.05, 0.1) is 0 Å². The molecule has 4 heteroatoms. The zero-order valence-electron chi connectivity index (χ0n) is 15.6. The fraction of sp³-hybridized carbons (Fsp3) is 0.947. The molecule has 2 rings (SSSR count). The highest BCUT2D eigenvalue weighted by Gasteiger charge is 2.26.